The summed E-state index contributed by atoms with van der Waals surface area (Å²) in [4.78, 5) is 15.6. The van der Waals surface area contributed by atoms with Gasteiger partial charge in [-0.05, 0) is 37.6 Å². The highest BCUT2D eigenvalue weighted by Gasteiger charge is 2.26. The lowest BCUT2D eigenvalue weighted by atomic mass is 10.1. The number of sulfonamides is 1. The molecule has 1 amide bonds. The van der Waals surface area contributed by atoms with Crippen molar-refractivity contribution in [2.75, 3.05) is 47.7 Å². The van der Waals surface area contributed by atoms with Crippen LogP contribution in [0.15, 0.2) is 30.5 Å². The maximum Gasteiger partial charge on any atom is 0.409 e. The van der Waals surface area contributed by atoms with E-state index in [4.69, 9.17) is 4.74 Å². The Hall–Kier alpha value is -3.26. The molecule has 0 unspecified atom stereocenters. The maximum absolute atomic E-state index is 13.1. The lowest BCUT2D eigenvalue weighted by molar-refractivity contribution is 0.105. The first-order chi connectivity index (χ1) is 15.8. The number of ether oxygens (including phenoxy) is 1. The number of aromatic nitrogens is 2. The van der Waals surface area contributed by atoms with Crippen LogP contribution in [-0.4, -0.2) is 67.7 Å². The van der Waals surface area contributed by atoms with Crippen molar-refractivity contribution in [3.8, 4) is 6.07 Å². The Bertz CT molecular complexity index is 1120. The Balaban J connectivity index is 1.87. The summed E-state index contributed by atoms with van der Waals surface area (Å²) in [5.41, 5.74) is 2.29. The Kier molecular flexibility index (Phi) is 7.81. The number of rotatable bonds is 8. The number of hydrogen-bond acceptors (Lipinski definition) is 7. The van der Waals surface area contributed by atoms with Gasteiger partial charge >= 0.3 is 6.09 Å². The smallest absolute Gasteiger partial charge is 0.409 e. The van der Waals surface area contributed by atoms with Gasteiger partial charge in [0, 0.05) is 39.4 Å². The number of carbonyl (C=O) groups excluding carboxylic acids is 1. The number of benzene rings is 1. The second kappa shape index (κ2) is 10.6. The molecule has 2 heterocycles. The van der Waals surface area contributed by atoms with Gasteiger partial charge in [0.25, 0.3) is 0 Å². The van der Waals surface area contributed by atoms with Gasteiger partial charge in [-0.15, -0.1) is 0 Å². The number of piperazine rings is 1. The van der Waals surface area contributed by atoms with Gasteiger partial charge in [0.1, 0.15) is 6.07 Å². The summed E-state index contributed by atoms with van der Waals surface area (Å²) in [5, 5.41) is 14.0. The molecular formula is C22H30N6O4S. The fraction of sp³-hybridized carbons (Fsp3) is 0.500. The summed E-state index contributed by atoms with van der Waals surface area (Å²) in [6, 6.07) is 9.12. The molecule has 0 bridgehead atoms. The van der Waals surface area contributed by atoms with Crippen molar-refractivity contribution in [3.05, 3.63) is 41.7 Å². The highest BCUT2D eigenvalue weighted by Crippen LogP contribution is 2.29. The second-order valence-corrected chi connectivity index (χ2v) is 9.77. The number of nitrogens with zero attached hydrogens (tertiary/aromatic N) is 6. The molecule has 0 aliphatic carbocycles. The van der Waals surface area contributed by atoms with Gasteiger partial charge in [0.05, 0.1) is 41.5 Å². The van der Waals surface area contributed by atoms with Gasteiger partial charge in [0.15, 0.2) is 0 Å². The highest BCUT2D eigenvalue weighted by molar-refractivity contribution is 7.92. The Morgan fingerprint density at radius 3 is 2.52 bits per heavy atom. The molecule has 0 saturated carbocycles. The van der Waals surface area contributed by atoms with Crippen molar-refractivity contribution in [1.82, 2.24) is 14.7 Å². The molecule has 33 heavy (non-hydrogen) atoms. The fourth-order valence-electron chi connectivity index (χ4n) is 3.81. The molecule has 0 N–H and O–H groups in total. The third kappa shape index (κ3) is 5.57. The monoisotopic (exact) mass is 474 g/mol. The number of carbonyl (C=O) groups is 1. The second-order valence-electron chi connectivity index (χ2n) is 7.76. The van der Waals surface area contributed by atoms with Crippen molar-refractivity contribution < 1.29 is 17.9 Å². The van der Waals surface area contributed by atoms with Gasteiger partial charge in [-0.25, -0.2) is 13.2 Å². The van der Waals surface area contributed by atoms with Crippen molar-refractivity contribution in [3.63, 3.8) is 0 Å². The molecule has 11 heteroatoms. The van der Waals surface area contributed by atoms with E-state index < -0.39 is 10.0 Å². The normalized spacial score (nSPS) is 14.1. The van der Waals surface area contributed by atoms with E-state index in [1.807, 2.05) is 11.8 Å². The summed E-state index contributed by atoms with van der Waals surface area (Å²) >= 11 is 0. The van der Waals surface area contributed by atoms with Crippen LogP contribution >= 0.6 is 0 Å². The van der Waals surface area contributed by atoms with Gasteiger partial charge in [-0.2, -0.15) is 10.4 Å². The number of aryl methyl sites for hydroxylation is 1. The third-order valence-electron chi connectivity index (χ3n) is 5.56. The maximum atomic E-state index is 13.1. The van der Waals surface area contributed by atoms with Crippen LogP contribution in [0.25, 0.3) is 0 Å². The summed E-state index contributed by atoms with van der Waals surface area (Å²) < 4.78 is 34.2. The Labute approximate surface area is 195 Å². The molecule has 0 atom stereocenters. The summed E-state index contributed by atoms with van der Waals surface area (Å²) in [7, 11) is -1.83. The topological polar surface area (TPSA) is 112 Å². The first kappa shape index (κ1) is 24.4. The zero-order valence-corrected chi connectivity index (χ0v) is 20.1. The minimum Gasteiger partial charge on any atom is -0.450 e. The molecule has 1 aromatic carbocycles. The van der Waals surface area contributed by atoms with Crippen LogP contribution in [0.4, 0.5) is 16.2 Å². The van der Waals surface area contributed by atoms with Gasteiger partial charge in [-0.3, -0.25) is 8.99 Å². The van der Waals surface area contributed by atoms with E-state index in [0.29, 0.717) is 50.5 Å². The molecule has 10 nitrogen and oxygen atoms in total. The molecular weight excluding hydrogens is 444 g/mol. The van der Waals surface area contributed by atoms with E-state index in [9.17, 15) is 18.5 Å². The summed E-state index contributed by atoms with van der Waals surface area (Å²) in [6.07, 6.45) is 1.78. The van der Waals surface area contributed by atoms with E-state index in [-0.39, 0.29) is 18.4 Å². The fourth-order valence-corrected chi connectivity index (χ4v) is 5.31. The van der Waals surface area contributed by atoms with E-state index in [1.54, 1.807) is 54.0 Å². The predicted molar refractivity (Wildman–Crippen MR) is 125 cm³/mol. The first-order valence-corrected chi connectivity index (χ1v) is 12.6. The lowest BCUT2D eigenvalue weighted by Gasteiger charge is -2.36. The predicted octanol–water partition coefficient (Wildman–Crippen LogP) is 2.32. The molecule has 178 valence electrons. The van der Waals surface area contributed by atoms with Crippen LogP contribution in [0.5, 0.6) is 0 Å². The van der Waals surface area contributed by atoms with Crippen molar-refractivity contribution >= 4 is 27.5 Å². The number of anilines is 2. The standard InChI is InChI=1S/C22H30N6O4S/c1-4-14-33(30,31)28(17-20-8-9-24-25(20)3)19-6-7-21(18(15-19)16-23)26-10-12-27(13-11-26)22(29)32-5-2/h6-9,15H,4-5,10-14,17H2,1-3H3. The van der Waals surface area contributed by atoms with Gasteiger partial charge in [0.2, 0.25) is 10.0 Å². The van der Waals surface area contributed by atoms with Crippen molar-refractivity contribution in [1.29, 1.82) is 5.26 Å². The largest absolute Gasteiger partial charge is 0.450 e. The SMILES string of the molecule is CCCS(=O)(=O)N(Cc1ccnn1C)c1ccc(N2CCN(C(=O)OCC)CC2)c(C#N)c1. The minimum absolute atomic E-state index is 0.00427. The average Bonchev–Trinajstić information content (AvgIpc) is 3.21. The van der Waals surface area contributed by atoms with E-state index in [1.165, 1.54) is 4.31 Å². The molecule has 1 aromatic heterocycles. The summed E-state index contributed by atoms with van der Waals surface area (Å²) in [5.74, 6) is 0.00427. The molecule has 2 aromatic rings. The highest BCUT2D eigenvalue weighted by atomic mass is 32.2. The summed E-state index contributed by atoms with van der Waals surface area (Å²) in [6.45, 7) is 6.13. The molecule has 1 aliphatic heterocycles. The number of hydrogen-bond donors (Lipinski definition) is 0. The van der Waals surface area contributed by atoms with Crippen molar-refractivity contribution in [2.45, 2.75) is 26.8 Å². The van der Waals surface area contributed by atoms with Gasteiger partial charge in [-0.1, -0.05) is 6.92 Å². The molecule has 0 radical (unpaired) electrons. The molecule has 3 rings (SSSR count). The van der Waals surface area contributed by atoms with Crippen LogP contribution in [0, 0.1) is 11.3 Å². The van der Waals surface area contributed by atoms with E-state index in [0.717, 1.165) is 11.4 Å². The first-order valence-electron chi connectivity index (χ1n) is 11.0. The molecule has 1 saturated heterocycles. The van der Waals surface area contributed by atoms with Crippen LogP contribution in [0.3, 0.4) is 0 Å². The zero-order chi connectivity index (χ0) is 24.0. The van der Waals surface area contributed by atoms with E-state index >= 15 is 0 Å². The number of nitriles is 1. The van der Waals surface area contributed by atoms with E-state index in [2.05, 4.69) is 11.2 Å². The average molecular weight is 475 g/mol. The molecule has 0 spiro atoms. The van der Waals surface area contributed by atoms with Crippen LogP contribution < -0.4 is 9.21 Å². The van der Waals surface area contributed by atoms with Crippen molar-refractivity contribution in [2.24, 2.45) is 7.05 Å². The molecule has 1 aliphatic rings. The third-order valence-corrected chi connectivity index (χ3v) is 7.50. The van der Waals surface area contributed by atoms with Crippen LogP contribution in [0.1, 0.15) is 31.5 Å². The Morgan fingerprint density at radius 1 is 1.21 bits per heavy atom. The lowest BCUT2D eigenvalue weighted by Crippen LogP contribution is -2.49. The Morgan fingerprint density at radius 2 is 1.94 bits per heavy atom. The van der Waals surface area contributed by atoms with Crippen LogP contribution in [-0.2, 0) is 28.4 Å². The van der Waals surface area contributed by atoms with Gasteiger partial charge < -0.3 is 14.5 Å². The zero-order valence-electron chi connectivity index (χ0n) is 19.3. The number of amides is 1. The molecule has 1 fully saturated rings. The van der Waals surface area contributed by atoms with Crippen LogP contribution in [0.2, 0.25) is 0 Å². The minimum atomic E-state index is -3.59. The quantitative estimate of drug-likeness (QED) is 0.577.